The van der Waals surface area contributed by atoms with Crippen LogP contribution in [0.5, 0.6) is 0 Å². The van der Waals surface area contributed by atoms with Gasteiger partial charge in [-0.05, 0) is 24.5 Å². The van der Waals surface area contributed by atoms with Gasteiger partial charge in [0.1, 0.15) is 5.52 Å². The molecule has 2 aromatic rings. The van der Waals surface area contributed by atoms with E-state index >= 15 is 0 Å². The van der Waals surface area contributed by atoms with Crippen molar-refractivity contribution in [2.45, 2.75) is 26.3 Å². The zero-order valence-electron chi connectivity index (χ0n) is 11.7. The van der Waals surface area contributed by atoms with Gasteiger partial charge < -0.3 is 10.6 Å². The van der Waals surface area contributed by atoms with Crippen molar-refractivity contribution < 1.29 is 0 Å². The molecule has 0 aliphatic heterocycles. The molecule has 0 saturated heterocycles. The van der Waals surface area contributed by atoms with Crippen LogP contribution in [0, 0.1) is 5.92 Å². The quantitative estimate of drug-likeness (QED) is 0.887. The minimum absolute atomic E-state index is 0.205. The predicted octanol–water partition coefficient (Wildman–Crippen LogP) is 1.83. The second-order valence-corrected chi connectivity index (χ2v) is 5.22. The van der Waals surface area contributed by atoms with E-state index in [9.17, 15) is 0 Å². The van der Waals surface area contributed by atoms with E-state index in [0.717, 1.165) is 24.0 Å². The van der Waals surface area contributed by atoms with Gasteiger partial charge >= 0.3 is 0 Å². The van der Waals surface area contributed by atoms with Crippen LogP contribution in [-0.2, 0) is 0 Å². The molecule has 0 radical (unpaired) electrons. The summed E-state index contributed by atoms with van der Waals surface area (Å²) >= 11 is 0. The first-order valence-electron chi connectivity index (χ1n) is 6.64. The number of hydrogen-bond acceptors (Lipinski definition) is 5. The smallest absolute Gasteiger partial charge is 0.245 e. The molecule has 2 rings (SSSR count). The van der Waals surface area contributed by atoms with Crippen LogP contribution in [0.4, 0.5) is 5.95 Å². The Morgan fingerprint density at radius 3 is 2.53 bits per heavy atom. The first-order chi connectivity index (χ1) is 9.08. The maximum absolute atomic E-state index is 6.05. The molecule has 0 saturated carbocycles. The van der Waals surface area contributed by atoms with E-state index in [1.807, 2.05) is 36.2 Å². The lowest BCUT2D eigenvalue weighted by Crippen LogP contribution is -2.32. The van der Waals surface area contributed by atoms with Gasteiger partial charge in [0.05, 0.1) is 5.52 Å². The Bertz CT molecular complexity index is 540. The highest BCUT2D eigenvalue weighted by Gasteiger charge is 2.11. The van der Waals surface area contributed by atoms with Crippen LogP contribution < -0.4 is 10.6 Å². The third-order valence-corrected chi connectivity index (χ3v) is 3.34. The van der Waals surface area contributed by atoms with Gasteiger partial charge in [-0.1, -0.05) is 26.0 Å². The number of para-hydroxylation sites is 1. The number of benzene rings is 1. The number of nitrogens with zero attached hydrogens (tertiary/aromatic N) is 4. The molecule has 0 aliphatic rings. The molecule has 0 aliphatic carbocycles. The van der Waals surface area contributed by atoms with Crippen LogP contribution in [0.1, 0.15) is 20.3 Å². The average molecular weight is 259 g/mol. The number of hydrogen-bond donors (Lipinski definition) is 1. The minimum Gasteiger partial charge on any atom is -0.343 e. The molecule has 102 valence electrons. The van der Waals surface area contributed by atoms with Crippen LogP contribution in [0.2, 0.25) is 0 Å². The van der Waals surface area contributed by atoms with Gasteiger partial charge in [-0.3, -0.25) is 0 Å². The molecular formula is C14H21N5. The van der Waals surface area contributed by atoms with Crippen molar-refractivity contribution in [1.82, 2.24) is 15.2 Å². The van der Waals surface area contributed by atoms with Gasteiger partial charge in [-0.15, -0.1) is 10.2 Å². The van der Waals surface area contributed by atoms with Gasteiger partial charge in [0.25, 0.3) is 0 Å². The first kappa shape index (κ1) is 13.7. The highest BCUT2D eigenvalue weighted by Crippen LogP contribution is 2.12. The molecule has 0 fully saturated rings. The molecule has 1 unspecified atom stereocenters. The van der Waals surface area contributed by atoms with E-state index in [-0.39, 0.29) is 6.04 Å². The van der Waals surface area contributed by atoms with Crippen molar-refractivity contribution in [1.29, 1.82) is 0 Å². The predicted molar refractivity (Wildman–Crippen MR) is 78.0 cm³/mol. The van der Waals surface area contributed by atoms with Crippen LogP contribution >= 0.6 is 0 Å². The summed E-state index contributed by atoms with van der Waals surface area (Å²) in [5.41, 5.74) is 7.74. The van der Waals surface area contributed by atoms with Crippen molar-refractivity contribution >= 4 is 17.0 Å². The summed E-state index contributed by atoms with van der Waals surface area (Å²) in [5.74, 6) is 1.14. The fraction of sp³-hybridized carbons (Fsp3) is 0.500. The summed E-state index contributed by atoms with van der Waals surface area (Å²) in [7, 11) is 1.97. The Morgan fingerprint density at radius 2 is 1.84 bits per heavy atom. The lowest BCUT2D eigenvalue weighted by Gasteiger charge is -2.21. The topological polar surface area (TPSA) is 67.9 Å². The molecule has 5 nitrogen and oxygen atoms in total. The van der Waals surface area contributed by atoms with Gasteiger partial charge in [0.2, 0.25) is 5.95 Å². The molecule has 19 heavy (non-hydrogen) atoms. The van der Waals surface area contributed by atoms with Gasteiger partial charge in [-0.2, -0.15) is 0 Å². The summed E-state index contributed by atoms with van der Waals surface area (Å²) in [6.45, 7) is 5.11. The second kappa shape index (κ2) is 5.93. The molecule has 1 heterocycles. The lowest BCUT2D eigenvalue weighted by atomic mass is 10.0. The van der Waals surface area contributed by atoms with Crippen LogP contribution in [0.3, 0.4) is 0 Å². The number of anilines is 1. The first-order valence-corrected chi connectivity index (χ1v) is 6.64. The highest BCUT2D eigenvalue weighted by atomic mass is 15.3. The molecule has 0 spiro atoms. The van der Waals surface area contributed by atoms with E-state index in [1.54, 1.807) is 0 Å². The van der Waals surface area contributed by atoms with Gasteiger partial charge in [0, 0.05) is 19.6 Å². The minimum atomic E-state index is 0.205. The zero-order valence-corrected chi connectivity index (χ0v) is 11.7. The van der Waals surface area contributed by atoms with Crippen LogP contribution in [0.25, 0.3) is 11.0 Å². The van der Waals surface area contributed by atoms with Crippen LogP contribution in [0.15, 0.2) is 24.3 Å². The van der Waals surface area contributed by atoms with E-state index < -0.39 is 0 Å². The van der Waals surface area contributed by atoms with Crippen molar-refractivity contribution in [3.63, 3.8) is 0 Å². The number of aromatic nitrogens is 3. The Labute approximate surface area is 113 Å². The van der Waals surface area contributed by atoms with E-state index in [1.165, 1.54) is 0 Å². The van der Waals surface area contributed by atoms with Crippen molar-refractivity contribution in [3.05, 3.63) is 24.3 Å². The summed E-state index contributed by atoms with van der Waals surface area (Å²) in [6.07, 6.45) is 0.921. The van der Waals surface area contributed by atoms with Crippen molar-refractivity contribution in [2.75, 3.05) is 18.5 Å². The Balaban J connectivity index is 2.06. The van der Waals surface area contributed by atoms with E-state index in [0.29, 0.717) is 11.9 Å². The maximum Gasteiger partial charge on any atom is 0.245 e. The summed E-state index contributed by atoms with van der Waals surface area (Å²) in [5, 5.41) is 8.33. The molecule has 1 aromatic carbocycles. The molecule has 0 bridgehead atoms. The zero-order chi connectivity index (χ0) is 13.8. The summed E-state index contributed by atoms with van der Waals surface area (Å²) in [4.78, 5) is 6.51. The lowest BCUT2D eigenvalue weighted by molar-refractivity contribution is 0.465. The summed E-state index contributed by atoms with van der Waals surface area (Å²) in [6, 6.07) is 7.95. The van der Waals surface area contributed by atoms with E-state index in [4.69, 9.17) is 5.73 Å². The number of nitrogens with two attached hydrogens (primary N) is 1. The van der Waals surface area contributed by atoms with Crippen molar-refractivity contribution in [2.24, 2.45) is 11.7 Å². The molecular weight excluding hydrogens is 238 g/mol. The van der Waals surface area contributed by atoms with Gasteiger partial charge in [-0.25, -0.2) is 4.98 Å². The second-order valence-electron chi connectivity index (χ2n) is 5.22. The SMILES string of the molecule is CC(C)C(N)CCN(C)c1nnc2ccccc2n1. The largest absolute Gasteiger partial charge is 0.343 e. The fourth-order valence-electron chi connectivity index (χ4n) is 1.81. The molecule has 0 amide bonds. The third-order valence-electron chi connectivity index (χ3n) is 3.34. The normalized spacial score (nSPS) is 12.9. The van der Waals surface area contributed by atoms with Crippen molar-refractivity contribution in [3.8, 4) is 0 Å². The maximum atomic E-state index is 6.05. The Morgan fingerprint density at radius 1 is 1.16 bits per heavy atom. The fourth-order valence-corrected chi connectivity index (χ4v) is 1.81. The number of fused-ring (bicyclic) bond motifs is 1. The molecule has 1 aromatic heterocycles. The number of rotatable bonds is 5. The Hall–Kier alpha value is -1.75. The third kappa shape index (κ3) is 3.38. The summed E-state index contributed by atoms with van der Waals surface area (Å²) < 4.78 is 0. The standard InChI is InChI=1S/C14H21N5/c1-10(2)11(15)8-9-19(3)14-16-12-6-4-5-7-13(12)17-18-14/h4-7,10-11H,8-9,15H2,1-3H3. The molecule has 2 N–H and O–H groups in total. The monoisotopic (exact) mass is 259 g/mol. The Kier molecular flexibility index (Phi) is 4.27. The highest BCUT2D eigenvalue weighted by molar-refractivity contribution is 5.74. The van der Waals surface area contributed by atoms with Crippen LogP contribution in [-0.4, -0.2) is 34.8 Å². The van der Waals surface area contributed by atoms with E-state index in [2.05, 4.69) is 29.0 Å². The molecule has 1 atom stereocenters. The average Bonchev–Trinajstić information content (AvgIpc) is 2.43. The molecule has 5 heteroatoms. The van der Waals surface area contributed by atoms with Gasteiger partial charge in [0.15, 0.2) is 0 Å².